The van der Waals surface area contributed by atoms with Gasteiger partial charge in [-0.1, -0.05) is 17.7 Å². The number of rotatable bonds is 4. The maximum atomic E-state index is 9.83. The van der Waals surface area contributed by atoms with Crippen LogP contribution in [0.4, 0.5) is 0 Å². The molecular weight excluding hydrogens is 210 g/mol. The molecule has 0 aliphatic heterocycles. The van der Waals surface area contributed by atoms with Crippen LogP contribution in [0.1, 0.15) is 30.0 Å². The van der Waals surface area contributed by atoms with Crippen LogP contribution in [0.2, 0.25) is 5.02 Å². The number of allylic oxidation sites excluding steroid dienone is 1. The molecule has 0 spiro atoms. The first-order valence-corrected chi connectivity index (χ1v) is 5.29. The fourth-order valence-corrected chi connectivity index (χ4v) is 1.78. The summed E-state index contributed by atoms with van der Waals surface area (Å²) in [6.45, 7) is 5.45. The Labute approximate surface area is 95.4 Å². The van der Waals surface area contributed by atoms with E-state index in [1.807, 2.05) is 13.0 Å². The number of benzene rings is 1. The molecule has 0 unspecified atom stereocenters. The quantitative estimate of drug-likeness (QED) is 0.773. The van der Waals surface area contributed by atoms with Gasteiger partial charge >= 0.3 is 0 Å². The number of aromatic hydroxyl groups is 1. The van der Waals surface area contributed by atoms with Crippen molar-refractivity contribution in [3.63, 3.8) is 0 Å². The maximum Gasteiger partial charge on any atom is 0.123 e. The van der Waals surface area contributed by atoms with Gasteiger partial charge in [-0.15, -0.1) is 6.58 Å². The van der Waals surface area contributed by atoms with Crippen LogP contribution in [-0.2, 0) is 0 Å². The maximum absolute atomic E-state index is 9.83. The smallest absolute Gasteiger partial charge is 0.123 e. The number of phenols is 1. The van der Waals surface area contributed by atoms with E-state index in [4.69, 9.17) is 17.3 Å². The van der Waals surface area contributed by atoms with Gasteiger partial charge in [0.05, 0.1) is 0 Å². The Hall–Kier alpha value is -0.990. The molecule has 2 nitrogen and oxygen atoms in total. The van der Waals surface area contributed by atoms with Gasteiger partial charge in [0.25, 0.3) is 0 Å². The molecule has 0 aliphatic rings. The number of phenolic OH excluding ortho intramolecular Hbond substituents is 1. The molecule has 1 atom stereocenters. The third-order valence-corrected chi connectivity index (χ3v) is 2.59. The van der Waals surface area contributed by atoms with Crippen molar-refractivity contribution in [2.75, 3.05) is 0 Å². The highest BCUT2D eigenvalue weighted by molar-refractivity contribution is 6.30. The largest absolute Gasteiger partial charge is 0.507 e. The molecule has 0 saturated heterocycles. The fraction of sp³-hybridized carbons (Fsp3) is 0.333. The van der Waals surface area contributed by atoms with Gasteiger partial charge in [0.1, 0.15) is 5.75 Å². The van der Waals surface area contributed by atoms with Gasteiger partial charge in [-0.05, 0) is 37.5 Å². The number of nitrogens with two attached hydrogens (primary N) is 1. The van der Waals surface area contributed by atoms with E-state index in [9.17, 15) is 5.11 Å². The Balaban J connectivity index is 2.96. The molecule has 3 N–H and O–H groups in total. The van der Waals surface area contributed by atoms with Crippen molar-refractivity contribution in [3.8, 4) is 5.75 Å². The average molecular weight is 226 g/mol. The first-order chi connectivity index (χ1) is 7.06. The number of aryl methyl sites for hydroxylation is 1. The highest BCUT2D eigenvalue weighted by Crippen LogP contribution is 2.31. The van der Waals surface area contributed by atoms with Crippen molar-refractivity contribution in [3.05, 3.63) is 40.9 Å². The van der Waals surface area contributed by atoms with E-state index < -0.39 is 0 Å². The van der Waals surface area contributed by atoms with Crippen molar-refractivity contribution in [2.45, 2.75) is 25.8 Å². The lowest BCUT2D eigenvalue weighted by atomic mass is 9.99. The molecule has 15 heavy (non-hydrogen) atoms. The van der Waals surface area contributed by atoms with Crippen LogP contribution in [0, 0.1) is 6.92 Å². The van der Waals surface area contributed by atoms with E-state index in [0.717, 1.165) is 18.4 Å². The van der Waals surface area contributed by atoms with E-state index in [2.05, 4.69) is 6.58 Å². The summed E-state index contributed by atoms with van der Waals surface area (Å²) >= 11 is 5.91. The van der Waals surface area contributed by atoms with Gasteiger partial charge in [-0.3, -0.25) is 0 Å². The van der Waals surface area contributed by atoms with Crippen LogP contribution in [0.3, 0.4) is 0 Å². The van der Waals surface area contributed by atoms with Crippen molar-refractivity contribution in [2.24, 2.45) is 5.73 Å². The van der Waals surface area contributed by atoms with Gasteiger partial charge in [0, 0.05) is 16.6 Å². The molecule has 0 saturated carbocycles. The van der Waals surface area contributed by atoms with E-state index in [1.165, 1.54) is 0 Å². The summed E-state index contributed by atoms with van der Waals surface area (Å²) in [6.07, 6.45) is 3.40. The Morgan fingerprint density at radius 1 is 1.60 bits per heavy atom. The standard InChI is InChI=1S/C12H16ClNO/c1-3-4-5-11(14)10-7-9(13)6-8(2)12(10)15/h3,6-7,11,15H,1,4-5,14H2,2H3/t11-/m1/s1. The molecule has 0 heterocycles. The Morgan fingerprint density at radius 3 is 2.87 bits per heavy atom. The van der Waals surface area contributed by atoms with E-state index in [0.29, 0.717) is 10.6 Å². The molecule has 0 radical (unpaired) electrons. The topological polar surface area (TPSA) is 46.2 Å². The first kappa shape index (κ1) is 12.1. The van der Waals surface area contributed by atoms with E-state index >= 15 is 0 Å². The summed E-state index contributed by atoms with van der Waals surface area (Å²) in [4.78, 5) is 0. The molecule has 3 heteroatoms. The lowest BCUT2D eigenvalue weighted by Gasteiger charge is -2.14. The zero-order valence-electron chi connectivity index (χ0n) is 8.83. The average Bonchev–Trinajstić information content (AvgIpc) is 2.19. The molecule has 0 bridgehead atoms. The fourth-order valence-electron chi connectivity index (χ4n) is 1.50. The van der Waals surface area contributed by atoms with Crippen LogP contribution >= 0.6 is 11.6 Å². The van der Waals surface area contributed by atoms with Crippen molar-refractivity contribution in [1.82, 2.24) is 0 Å². The second-order valence-corrected chi connectivity index (χ2v) is 4.07. The summed E-state index contributed by atoms with van der Waals surface area (Å²) < 4.78 is 0. The summed E-state index contributed by atoms with van der Waals surface area (Å²) in [6, 6.07) is 3.25. The van der Waals surface area contributed by atoms with Gasteiger partial charge < -0.3 is 10.8 Å². The normalized spacial score (nSPS) is 12.5. The van der Waals surface area contributed by atoms with Crippen LogP contribution < -0.4 is 5.73 Å². The molecule has 0 aliphatic carbocycles. The monoisotopic (exact) mass is 225 g/mol. The van der Waals surface area contributed by atoms with Crippen molar-refractivity contribution >= 4 is 11.6 Å². The lowest BCUT2D eigenvalue weighted by Crippen LogP contribution is -2.10. The predicted octanol–water partition coefficient (Wildman–Crippen LogP) is 3.32. The molecule has 0 aromatic heterocycles. The third-order valence-electron chi connectivity index (χ3n) is 2.38. The molecule has 0 amide bonds. The zero-order chi connectivity index (χ0) is 11.4. The summed E-state index contributed by atoms with van der Waals surface area (Å²) in [5, 5.41) is 10.4. The molecular formula is C12H16ClNO. The second kappa shape index (κ2) is 5.19. The molecule has 0 fully saturated rings. The van der Waals surface area contributed by atoms with Crippen LogP contribution in [0.15, 0.2) is 24.8 Å². The van der Waals surface area contributed by atoms with Gasteiger partial charge in [0.2, 0.25) is 0 Å². The van der Waals surface area contributed by atoms with E-state index in [-0.39, 0.29) is 11.8 Å². The number of halogens is 1. The van der Waals surface area contributed by atoms with Gasteiger partial charge in [0.15, 0.2) is 0 Å². The SMILES string of the molecule is C=CCC[C@@H](N)c1cc(Cl)cc(C)c1O. The molecule has 82 valence electrons. The zero-order valence-corrected chi connectivity index (χ0v) is 9.59. The molecule has 1 aromatic rings. The summed E-state index contributed by atoms with van der Waals surface area (Å²) in [7, 11) is 0. The first-order valence-electron chi connectivity index (χ1n) is 4.91. The van der Waals surface area contributed by atoms with Crippen molar-refractivity contribution < 1.29 is 5.11 Å². The highest BCUT2D eigenvalue weighted by Gasteiger charge is 2.12. The number of hydrogen-bond acceptors (Lipinski definition) is 2. The van der Waals surface area contributed by atoms with Crippen LogP contribution in [-0.4, -0.2) is 5.11 Å². The minimum Gasteiger partial charge on any atom is -0.507 e. The minimum absolute atomic E-state index is 0.194. The van der Waals surface area contributed by atoms with Gasteiger partial charge in [-0.2, -0.15) is 0 Å². The van der Waals surface area contributed by atoms with Crippen molar-refractivity contribution in [1.29, 1.82) is 0 Å². The van der Waals surface area contributed by atoms with E-state index in [1.54, 1.807) is 12.1 Å². The Bertz CT molecular complexity index is 363. The molecule has 1 aromatic carbocycles. The third kappa shape index (κ3) is 2.98. The lowest BCUT2D eigenvalue weighted by molar-refractivity contribution is 0.455. The minimum atomic E-state index is -0.194. The highest BCUT2D eigenvalue weighted by atomic mass is 35.5. The summed E-state index contributed by atoms with van der Waals surface area (Å²) in [5.41, 5.74) is 7.42. The number of hydrogen-bond donors (Lipinski definition) is 2. The Morgan fingerprint density at radius 2 is 2.27 bits per heavy atom. The summed E-state index contributed by atoms with van der Waals surface area (Å²) in [5.74, 6) is 0.246. The molecule has 1 rings (SSSR count). The van der Waals surface area contributed by atoms with Gasteiger partial charge in [-0.25, -0.2) is 0 Å². The van der Waals surface area contributed by atoms with Crippen LogP contribution in [0.25, 0.3) is 0 Å². The predicted molar refractivity (Wildman–Crippen MR) is 64.2 cm³/mol. The van der Waals surface area contributed by atoms with Crippen LogP contribution in [0.5, 0.6) is 5.75 Å². The Kier molecular flexibility index (Phi) is 4.18. The second-order valence-electron chi connectivity index (χ2n) is 3.63.